The number of hydrogen-bond donors (Lipinski definition) is 5. The molecule has 0 unspecified atom stereocenters. The zero-order valence-corrected chi connectivity index (χ0v) is 68.2. The van der Waals surface area contributed by atoms with Gasteiger partial charge in [-0.2, -0.15) is 0 Å². The lowest BCUT2D eigenvalue weighted by Crippen LogP contribution is -2.30. The van der Waals surface area contributed by atoms with Gasteiger partial charge in [-0.1, -0.05) is 173 Å². The van der Waals surface area contributed by atoms with E-state index in [0.29, 0.717) is 90.4 Å². The fourth-order valence-corrected chi connectivity index (χ4v) is 14.5. The number of piperidine rings is 1. The summed E-state index contributed by atoms with van der Waals surface area (Å²) in [6.07, 6.45) is 20.1. The number of pyridine rings is 4. The number of aromatic nitrogens is 4. The monoisotopic (exact) mass is 1610 g/mol. The summed E-state index contributed by atoms with van der Waals surface area (Å²) in [5, 5.41) is 13.1. The fourth-order valence-electron chi connectivity index (χ4n) is 13.8. The van der Waals surface area contributed by atoms with Gasteiger partial charge in [0.15, 0.2) is 17.3 Å². The maximum Gasteiger partial charge on any atom is 0.162 e. The van der Waals surface area contributed by atoms with Crippen LogP contribution in [-0.4, -0.2) is 131 Å². The van der Waals surface area contributed by atoms with Gasteiger partial charge in [-0.3, -0.25) is 19.4 Å². The van der Waals surface area contributed by atoms with Gasteiger partial charge < -0.3 is 43.0 Å². The van der Waals surface area contributed by atoms with Crippen LogP contribution in [0.15, 0.2) is 200 Å². The van der Waals surface area contributed by atoms with Crippen molar-refractivity contribution in [2.45, 2.75) is 83.5 Å². The van der Waals surface area contributed by atoms with Crippen LogP contribution >= 0.6 is 46.4 Å². The van der Waals surface area contributed by atoms with Crippen molar-refractivity contribution in [2.24, 2.45) is 4.99 Å². The Kier molecular flexibility index (Phi) is 30.0. The van der Waals surface area contributed by atoms with Crippen molar-refractivity contribution in [2.75, 3.05) is 95.9 Å². The highest BCUT2D eigenvalue weighted by atomic mass is 35.5. The van der Waals surface area contributed by atoms with Gasteiger partial charge >= 0.3 is 0 Å². The highest BCUT2D eigenvalue weighted by Crippen LogP contribution is 2.30. The lowest BCUT2D eigenvalue weighted by Gasteiger charge is -2.26. The van der Waals surface area contributed by atoms with Gasteiger partial charge in [0.05, 0.1) is 28.8 Å². The van der Waals surface area contributed by atoms with E-state index in [-0.39, 0.29) is 17.3 Å². The standard InChI is InChI=1S/C27H28ClN3O.C26H26ClN3O.C23H22ClN3O.C20H15ClN4/c28-23-13-12-22-19-30-27(29)24(25(22)18-23)14-9-20-7-10-21(11-8-20)26(32)6-2-5-17-31-15-3-1-4-16-31;27-22-12-11-21-18-29-26(28)23(24(21)17-22)13-8-19-6-9-20(10-7-19)25(31)5-1-2-14-30-15-3-4-16-30;1-27(2)13-3-4-22(28)17-8-5-16(6-9-17)7-12-20-21-14-19(24)11-10-18(21)15-26-23(20)25;21-16-7-6-15-12-25-19(22)17(18(15)11-16)8-3-13-1-4-14(5-2-13)20-23-9-10-24-20/h7-8,10-13,18-19H,1-6,15-17H2,(H2,29,30);6-7,9-12,17-18H,1-5,14-16H2,(H2,28,29);5-6,8-11,14-15H,3-4,13H2,1-2H3,(H2,25,26);1-2,4-7,11-12H,9-10H2,(H2,22,25)(H,23,24). The number of fused-ring (bicyclic) bond motifs is 4. The maximum atomic E-state index is 12.5. The van der Waals surface area contributed by atoms with E-state index < -0.39 is 0 Å². The summed E-state index contributed by atoms with van der Waals surface area (Å²) in [6, 6.07) is 52.6. The molecule has 4 aromatic heterocycles. The molecule has 3 aliphatic heterocycles. The van der Waals surface area contributed by atoms with Crippen molar-refractivity contribution in [3.8, 4) is 47.4 Å². The number of nitrogens with one attached hydrogen (secondary N) is 1. The van der Waals surface area contributed by atoms with Crippen molar-refractivity contribution in [1.82, 2.24) is 40.0 Å². The topological polar surface area (TPSA) is 241 Å². The van der Waals surface area contributed by atoms with Crippen LogP contribution in [0, 0.1) is 47.4 Å². The molecule has 0 saturated carbocycles. The molecule has 0 aliphatic carbocycles. The van der Waals surface area contributed by atoms with Crippen LogP contribution in [0.4, 0.5) is 23.3 Å². The number of carbonyl (C=O) groups is 3. The molecule has 116 heavy (non-hydrogen) atoms. The average molecular weight is 1620 g/mol. The minimum absolute atomic E-state index is 0.151. The minimum atomic E-state index is 0.151. The fraction of sp³-hybridized carbons (Fsp3) is 0.250. The number of ketones is 3. The minimum Gasteiger partial charge on any atom is -0.383 e. The van der Waals surface area contributed by atoms with E-state index in [9.17, 15) is 14.4 Å². The number of Topliss-reactive ketones (excluding diaryl/α,β-unsaturated/α-hetero) is 3. The highest BCUT2D eigenvalue weighted by Gasteiger charge is 2.17. The Morgan fingerprint density at radius 1 is 0.388 bits per heavy atom. The molecule has 7 heterocycles. The van der Waals surface area contributed by atoms with Crippen LogP contribution in [0.5, 0.6) is 0 Å². The first-order chi connectivity index (χ1) is 56.3. The first-order valence-electron chi connectivity index (χ1n) is 39.2. The van der Waals surface area contributed by atoms with Gasteiger partial charge in [-0.05, 0) is 215 Å². The largest absolute Gasteiger partial charge is 0.383 e. The number of nitrogen functional groups attached to an aromatic ring is 4. The molecule has 3 aliphatic rings. The lowest BCUT2D eigenvalue weighted by molar-refractivity contribution is 0.0969. The molecule has 15 rings (SSSR count). The molecule has 0 radical (unpaired) electrons. The van der Waals surface area contributed by atoms with E-state index in [1.165, 1.54) is 58.3 Å². The average Bonchev–Trinajstić information content (AvgIpc) is 1.12. The van der Waals surface area contributed by atoms with Gasteiger partial charge in [0.25, 0.3) is 0 Å². The van der Waals surface area contributed by atoms with E-state index in [4.69, 9.17) is 69.3 Å². The zero-order valence-electron chi connectivity index (χ0n) is 65.2. The summed E-state index contributed by atoms with van der Waals surface area (Å²) >= 11 is 24.5. The first-order valence-corrected chi connectivity index (χ1v) is 40.7. The summed E-state index contributed by atoms with van der Waals surface area (Å²) < 4.78 is 0. The van der Waals surface area contributed by atoms with E-state index in [0.717, 1.165) is 153 Å². The van der Waals surface area contributed by atoms with E-state index in [1.807, 2.05) is 184 Å². The second-order valence-corrected chi connectivity index (χ2v) is 30.8. The third kappa shape index (κ3) is 23.8. The number of benzene rings is 8. The summed E-state index contributed by atoms with van der Waals surface area (Å²) in [6.45, 7) is 9.69. The van der Waals surface area contributed by atoms with Crippen molar-refractivity contribution in [1.29, 1.82) is 0 Å². The van der Waals surface area contributed by atoms with Crippen LogP contribution in [0.3, 0.4) is 0 Å². The number of carbonyl (C=O) groups excluding carboxylic acids is 3. The molecule has 2 saturated heterocycles. The van der Waals surface area contributed by atoms with Crippen molar-refractivity contribution in [3.05, 3.63) is 281 Å². The van der Waals surface area contributed by atoms with Gasteiger partial charge in [0, 0.05) is 158 Å². The number of hydrogen-bond acceptors (Lipinski definition) is 16. The molecule has 9 N–H and O–H groups in total. The van der Waals surface area contributed by atoms with Crippen molar-refractivity contribution < 1.29 is 14.4 Å². The van der Waals surface area contributed by atoms with Gasteiger partial charge in [-0.25, -0.2) is 19.9 Å². The Bertz CT molecular complexity index is 5820. The number of likely N-dealkylation sites (tertiary alicyclic amines) is 2. The van der Waals surface area contributed by atoms with E-state index >= 15 is 0 Å². The second kappa shape index (κ2) is 41.6. The molecule has 0 amide bonds. The molecule has 0 bridgehead atoms. The molecule has 8 aromatic carbocycles. The summed E-state index contributed by atoms with van der Waals surface area (Å²) in [5.74, 6) is 28.1. The lowest BCUT2D eigenvalue weighted by atomic mass is 10.0. The Balaban J connectivity index is 0.000000143. The third-order valence-electron chi connectivity index (χ3n) is 20.2. The van der Waals surface area contributed by atoms with Gasteiger partial charge in [0.2, 0.25) is 0 Å². The van der Waals surface area contributed by atoms with Crippen LogP contribution in [0.25, 0.3) is 43.1 Å². The Labute approximate surface area is 698 Å². The smallest absolute Gasteiger partial charge is 0.162 e. The molecule has 20 heteroatoms. The van der Waals surface area contributed by atoms with E-state index in [2.05, 4.69) is 92.3 Å². The van der Waals surface area contributed by atoms with Gasteiger partial charge in [0.1, 0.15) is 29.1 Å². The van der Waals surface area contributed by atoms with Crippen molar-refractivity contribution >= 4 is 136 Å². The molecule has 0 atom stereocenters. The molecule has 12 aromatic rings. The SMILES string of the molecule is CN(C)CCCC(=O)c1ccc(C#Cc2c(N)ncc3ccc(Cl)cc23)cc1.Nc1ncc2ccc(Cl)cc2c1C#Cc1ccc(C(=O)CCCCN2CCCC2)cc1.Nc1ncc2ccc(Cl)cc2c1C#Cc1ccc(C(=O)CCCCN2CCCCC2)cc1.Nc1ncc2ccc(Cl)cc2c1C#Cc1ccc(C2=NCCN2)cc1. The number of nitrogens with zero attached hydrogens (tertiary/aromatic N) is 8. The van der Waals surface area contributed by atoms with Crippen LogP contribution in [0.2, 0.25) is 20.1 Å². The Hall–Kier alpha value is -11.6. The number of amidine groups is 1. The molecule has 586 valence electrons. The number of aliphatic imine (C=N–C) groups is 1. The number of rotatable bonds is 18. The molecule has 2 fully saturated rings. The molecule has 16 nitrogen and oxygen atoms in total. The maximum absolute atomic E-state index is 12.5. The Morgan fingerprint density at radius 3 is 0.991 bits per heavy atom. The normalized spacial score (nSPS) is 13.0. The molecular formula is C96H91Cl4N13O3. The van der Waals surface area contributed by atoms with E-state index in [1.54, 1.807) is 24.8 Å². The third-order valence-corrected chi connectivity index (χ3v) is 21.2. The number of anilines is 4. The number of unbranched alkanes of at least 4 members (excludes halogenated alkanes) is 2. The predicted molar refractivity (Wildman–Crippen MR) is 478 cm³/mol. The van der Waals surface area contributed by atoms with Crippen LogP contribution in [0.1, 0.15) is 165 Å². The quantitative estimate of drug-likeness (QED) is 0.0305. The predicted octanol–water partition coefficient (Wildman–Crippen LogP) is 18.6. The van der Waals surface area contributed by atoms with Crippen molar-refractivity contribution in [3.63, 3.8) is 0 Å². The van der Waals surface area contributed by atoms with Crippen LogP contribution in [-0.2, 0) is 0 Å². The zero-order chi connectivity index (χ0) is 81.3. The summed E-state index contributed by atoms with van der Waals surface area (Å²) in [4.78, 5) is 65.6. The first kappa shape index (κ1) is 83.8. The summed E-state index contributed by atoms with van der Waals surface area (Å²) in [7, 11) is 4.01. The molecule has 0 spiro atoms. The van der Waals surface area contributed by atoms with Crippen LogP contribution < -0.4 is 28.3 Å². The number of nitrogens with two attached hydrogens (primary N) is 4. The number of halogens is 4. The highest BCUT2D eigenvalue weighted by molar-refractivity contribution is 6.32. The second-order valence-electron chi connectivity index (χ2n) is 29.0. The Morgan fingerprint density at radius 2 is 0.690 bits per heavy atom. The van der Waals surface area contributed by atoms with Gasteiger partial charge in [-0.15, -0.1) is 0 Å². The summed E-state index contributed by atoms with van der Waals surface area (Å²) in [5.41, 5.74) is 33.5. The molecular weight excluding hydrogens is 1520 g/mol.